The van der Waals surface area contributed by atoms with E-state index < -0.39 is 0 Å². The zero-order valence-corrected chi connectivity index (χ0v) is 30.8. The third-order valence-electron chi connectivity index (χ3n) is 12.3. The van der Waals surface area contributed by atoms with E-state index in [4.69, 9.17) is 18.8 Å². The van der Waals surface area contributed by atoms with Gasteiger partial charge in [-0.05, 0) is 59.7 Å². The van der Waals surface area contributed by atoms with Gasteiger partial charge in [0.15, 0.2) is 5.82 Å². The highest BCUT2D eigenvalue weighted by atomic mass is 16.3. The van der Waals surface area contributed by atoms with Gasteiger partial charge in [-0.2, -0.15) is 0 Å². The second-order valence-electron chi connectivity index (χ2n) is 15.2. The van der Waals surface area contributed by atoms with Crippen LogP contribution in [0.3, 0.4) is 0 Å². The first-order chi connectivity index (χ1) is 28.8. The molecular formula is C52H28N4O2. The zero-order chi connectivity index (χ0) is 37.6. The highest BCUT2D eigenvalue weighted by Crippen LogP contribution is 2.52. The highest BCUT2D eigenvalue weighted by molar-refractivity contribution is 6.29. The van der Waals surface area contributed by atoms with Crippen molar-refractivity contribution in [2.45, 2.75) is 0 Å². The van der Waals surface area contributed by atoms with Gasteiger partial charge in [0.2, 0.25) is 5.71 Å². The second kappa shape index (κ2) is 10.9. The molecule has 0 saturated carbocycles. The average Bonchev–Trinajstić information content (AvgIpc) is 4.01. The third-order valence-corrected chi connectivity index (χ3v) is 12.3. The lowest BCUT2D eigenvalue weighted by molar-refractivity contribution is 0.652. The number of benzene rings is 8. The molecule has 0 amide bonds. The van der Waals surface area contributed by atoms with Crippen molar-refractivity contribution in [3.8, 4) is 45.0 Å². The summed E-state index contributed by atoms with van der Waals surface area (Å²) in [4.78, 5) is 11.0. The van der Waals surface area contributed by atoms with E-state index in [-0.39, 0.29) is 0 Å². The molecule has 0 N–H and O–H groups in total. The Kier molecular flexibility index (Phi) is 5.68. The monoisotopic (exact) mass is 740 g/mol. The maximum absolute atomic E-state index is 6.68. The lowest BCUT2D eigenvalue weighted by atomic mass is 9.91. The molecule has 6 heterocycles. The molecule has 1 aliphatic rings. The Morgan fingerprint density at radius 2 is 1.03 bits per heavy atom. The van der Waals surface area contributed by atoms with Gasteiger partial charge in [-0.1, -0.05) is 121 Å². The largest absolute Gasteiger partial charge is 0.455 e. The van der Waals surface area contributed by atoms with E-state index in [1.165, 1.54) is 55.1 Å². The first-order valence-electron chi connectivity index (χ1n) is 19.6. The molecule has 0 bridgehead atoms. The molecule has 8 aromatic carbocycles. The van der Waals surface area contributed by atoms with E-state index in [9.17, 15) is 0 Å². The molecule has 58 heavy (non-hydrogen) atoms. The summed E-state index contributed by atoms with van der Waals surface area (Å²) >= 11 is 0. The van der Waals surface area contributed by atoms with Gasteiger partial charge in [-0.25, -0.2) is 9.97 Å². The topological polar surface area (TPSA) is 61.9 Å². The van der Waals surface area contributed by atoms with E-state index in [1.807, 2.05) is 30.3 Å². The van der Waals surface area contributed by atoms with Crippen LogP contribution in [0, 0.1) is 0 Å². The fraction of sp³-hybridized carbons (Fsp3) is 0. The SMILES string of the molecule is c1ccc2c(c1)-c1ccccc1-n1c3ccccc3c3cc4c(c-2c31)c1ccccc1n4-c1nc2c(nc1-c1cccc3c1oc1ccccc13)oc1ccccc12. The van der Waals surface area contributed by atoms with Gasteiger partial charge >= 0.3 is 0 Å². The maximum Gasteiger partial charge on any atom is 0.247 e. The lowest BCUT2D eigenvalue weighted by Gasteiger charge is -2.14. The molecule has 0 fully saturated rings. The van der Waals surface area contributed by atoms with Crippen LogP contribution in [0.2, 0.25) is 0 Å². The molecular weight excluding hydrogens is 713 g/mol. The Balaban J connectivity index is 1.22. The predicted molar refractivity (Wildman–Crippen MR) is 235 cm³/mol. The molecule has 0 atom stereocenters. The summed E-state index contributed by atoms with van der Waals surface area (Å²) in [5.41, 5.74) is 15.5. The van der Waals surface area contributed by atoms with Crippen molar-refractivity contribution in [2.24, 2.45) is 0 Å². The van der Waals surface area contributed by atoms with Crippen LogP contribution in [0.4, 0.5) is 0 Å². The van der Waals surface area contributed by atoms with Crippen LogP contribution >= 0.6 is 0 Å². The standard InChI is InChI=1S/C52H28N4O2/c1-2-18-33-29(14-1)30-15-3-8-23-39(30)55-40-24-9-4-16-31(40)38-28-42-45(46(33)49(38)55)35-19-5-10-25-41(35)56(42)51-47(54-52-48(53-51)36-20-7-12-27-44(36)58-52)37-22-13-21-34-32-17-6-11-26-43(32)57-50(34)37/h1-28H. The smallest absolute Gasteiger partial charge is 0.247 e. The van der Waals surface area contributed by atoms with Crippen molar-refractivity contribution in [3.05, 3.63) is 170 Å². The van der Waals surface area contributed by atoms with Crippen LogP contribution in [0.1, 0.15) is 0 Å². The Labute approximate surface area is 329 Å². The number of aromatic nitrogens is 4. The van der Waals surface area contributed by atoms with Gasteiger partial charge in [-0.3, -0.25) is 4.57 Å². The van der Waals surface area contributed by atoms with E-state index in [1.54, 1.807) is 0 Å². The molecule has 5 aromatic heterocycles. The average molecular weight is 741 g/mol. The summed E-state index contributed by atoms with van der Waals surface area (Å²) in [5.74, 6) is 0.707. The molecule has 13 aromatic rings. The second-order valence-corrected chi connectivity index (χ2v) is 15.2. The maximum atomic E-state index is 6.68. The molecule has 0 spiro atoms. The molecule has 1 aliphatic heterocycles. The van der Waals surface area contributed by atoms with Crippen LogP contribution < -0.4 is 0 Å². The third kappa shape index (κ3) is 3.76. The first kappa shape index (κ1) is 30.3. The predicted octanol–water partition coefficient (Wildman–Crippen LogP) is 13.8. The summed E-state index contributed by atoms with van der Waals surface area (Å²) in [7, 11) is 0. The molecule has 0 radical (unpaired) electrons. The Bertz CT molecular complexity index is 3930. The van der Waals surface area contributed by atoms with E-state index >= 15 is 0 Å². The van der Waals surface area contributed by atoms with Gasteiger partial charge in [0.25, 0.3) is 0 Å². The molecule has 268 valence electrons. The number of para-hydroxylation sites is 6. The van der Waals surface area contributed by atoms with Gasteiger partial charge in [0.05, 0.1) is 27.8 Å². The number of hydrogen-bond donors (Lipinski definition) is 0. The van der Waals surface area contributed by atoms with Crippen molar-refractivity contribution >= 4 is 87.7 Å². The number of hydrogen-bond acceptors (Lipinski definition) is 4. The molecule has 6 nitrogen and oxygen atoms in total. The Hall–Kier alpha value is -7.96. The fourth-order valence-electron chi connectivity index (χ4n) is 9.93. The van der Waals surface area contributed by atoms with Crippen LogP contribution in [-0.4, -0.2) is 19.1 Å². The number of fused-ring (bicyclic) bond motifs is 18. The summed E-state index contributed by atoms with van der Waals surface area (Å²) in [6.07, 6.45) is 0. The van der Waals surface area contributed by atoms with Crippen molar-refractivity contribution < 1.29 is 8.83 Å². The fourth-order valence-corrected chi connectivity index (χ4v) is 9.93. The lowest BCUT2D eigenvalue weighted by Crippen LogP contribution is -2.03. The van der Waals surface area contributed by atoms with Crippen LogP contribution in [0.25, 0.3) is 133 Å². The van der Waals surface area contributed by atoms with E-state index in [0.29, 0.717) is 22.7 Å². The van der Waals surface area contributed by atoms with Crippen molar-refractivity contribution in [1.82, 2.24) is 19.1 Å². The summed E-state index contributed by atoms with van der Waals surface area (Å²) < 4.78 is 18.0. The quantitative estimate of drug-likeness (QED) is 0.177. The van der Waals surface area contributed by atoms with Crippen molar-refractivity contribution in [3.63, 3.8) is 0 Å². The van der Waals surface area contributed by atoms with Gasteiger partial charge in [0, 0.05) is 54.4 Å². The molecule has 0 saturated heterocycles. The van der Waals surface area contributed by atoms with E-state index in [0.717, 1.165) is 54.9 Å². The molecule has 0 aliphatic carbocycles. The number of rotatable bonds is 2. The minimum atomic E-state index is 0.484. The molecule has 0 unspecified atom stereocenters. The van der Waals surface area contributed by atoms with Crippen LogP contribution in [0.5, 0.6) is 0 Å². The van der Waals surface area contributed by atoms with Gasteiger partial charge < -0.3 is 13.4 Å². The Morgan fingerprint density at radius 3 is 1.88 bits per heavy atom. The summed E-state index contributed by atoms with van der Waals surface area (Å²) in [6.45, 7) is 0. The minimum absolute atomic E-state index is 0.484. The first-order valence-corrected chi connectivity index (χ1v) is 19.6. The zero-order valence-electron chi connectivity index (χ0n) is 30.8. The van der Waals surface area contributed by atoms with Crippen LogP contribution in [0.15, 0.2) is 179 Å². The highest BCUT2D eigenvalue weighted by Gasteiger charge is 2.30. The molecule has 14 rings (SSSR count). The number of furan rings is 2. The number of nitrogens with zero attached hydrogens (tertiary/aromatic N) is 4. The van der Waals surface area contributed by atoms with Crippen molar-refractivity contribution in [2.75, 3.05) is 0 Å². The van der Waals surface area contributed by atoms with Gasteiger partial charge in [0.1, 0.15) is 28.0 Å². The molecule has 6 heteroatoms. The van der Waals surface area contributed by atoms with Crippen molar-refractivity contribution in [1.29, 1.82) is 0 Å². The minimum Gasteiger partial charge on any atom is -0.455 e. The Morgan fingerprint density at radius 1 is 0.414 bits per heavy atom. The van der Waals surface area contributed by atoms with E-state index in [2.05, 4.69) is 149 Å². The summed E-state index contributed by atoms with van der Waals surface area (Å²) in [6, 6.07) is 60.1. The van der Waals surface area contributed by atoms with Gasteiger partial charge in [-0.15, -0.1) is 0 Å². The summed E-state index contributed by atoms with van der Waals surface area (Å²) in [5, 5.41) is 7.68. The normalized spacial score (nSPS) is 12.5. The van der Waals surface area contributed by atoms with Crippen LogP contribution in [-0.2, 0) is 0 Å².